The first-order chi connectivity index (χ1) is 9.64. The lowest BCUT2D eigenvalue weighted by atomic mass is 9.85. The maximum absolute atomic E-state index is 12.5. The van der Waals surface area contributed by atoms with Crippen molar-refractivity contribution in [2.24, 2.45) is 17.3 Å². The number of hydrogen-bond acceptors (Lipinski definition) is 2. The normalized spacial score (nSPS) is 21.7. The van der Waals surface area contributed by atoms with E-state index < -0.39 is 5.41 Å². The zero-order valence-corrected chi connectivity index (χ0v) is 13.7. The van der Waals surface area contributed by atoms with Gasteiger partial charge >= 0.3 is 0 Å². The second-order valence-electron chi connectivity index (χ2n) is 8.05. The summed E-state index contributed by atoms with van der Waals surface area (Å²) < 4.78 is 0. The molecule has 0 saturated heterocycles. The molecule has 112 valence electrons. The third kappa shape index (κ3) is 3.73. The summed E-state index contributed by atoms with van der Waals surface area (Å²) in [6.07, 6.45) is 2.14. The molecule has 0 aliphatic heterocycles. The summed E-state index contributed by atoms with van der Waals surface area (Å²) >= 11 is 0. The predicted octanol–water partition coefficient (Wildman–Crippen LogP) is 4.74. The van der Waals surface area contributed by atoms with Crippen molar-refractivity contribution < 1.29 is 4.79 Å². The molecule has 21 heavy (non-hydrogen) atoms. The van der Waals surface area contributed by atoms with Gasteiger partial charge in [-0.15, -0.1) is 0 Å². The summed E-state index contributed by atoms with van der Waals surface area (Å²) in [5.41, 5.74) is 1.54. The molecular weight excluding hydrogens is 258 g/mol. The van der Waals surface area contributed by atoms with Crippen LogP contribution in [0.5, 0.6) is 0 Å². The maximum Gasteiger partial charge on any atom is 0.166 e. The van der Waals surface area contributed by atoms with E-state index in [4.69, 9.17) is 5.26 Å². The summed E-state index contributed by atoms with van der Waals surface area (Å²) in [6, 6.07) is 9.87. The average molecular weight is 283 g/mol. The molecule has 2 unspecified atom stereocenters. The third-order valence-electron chi connectivity index (χ3n) is 4.30. The molecule has 1 aromatic carbocycles. The largest absolute Gasteiger partial charge is 0.294 e. The third-order valence-corrected chi connectivity index (χ3v) is 4.30. The molecule has 1 aliphatic carbocycles. The molecule has 1 fully saturated rings. The van der Waals surface area contributed by atoms with E-state index >= 15 is 0 Å². The van der Waals surface area contributed by atoms with E-state index in [-0.39, 0.29) is 11.7 Å². The number of rotatable bonds is 4. The van der Waals surface area contributed by atoms with E-state index in [0.29, 0.717) is 11.3 Å². The van der Waals surface area contributed by atoms with Gasteiger partial charge in [0.2, 0.25) is 0 Å². The number of carbonyl (C=O) groups excluding carboxylic acids is 1. The summed E-state index contributed by atoms with van der Waals surface area (Å²) in [5.74, 6) is 1.03. The highest BCUT2D eigenvalue weighted by atomic mass is 16.1. The van der Waals surface area contributed by atoms with Gasteiger partial charge in [0.05, 0.1) is 11.5 Å². The lowest BCUT2D eigenvalue weighted by Gasteiger charge is -2.17. The monoisotopic (exact) mass is 283 g/mol. The lowest BCUT2D eigenvalue weighted by Crippen LogP contribution is -2.14. The SMILES string of the molecule is CC(C)(C)CC1CC1C(=O)c1ccc(C(C)(C)C#N)cc1. The van der Waals surface area contributed by atoms with Gasteiger partial charge in [0, 0.05) is 11.5 Å². The van der Waals surface area contributed by atoms with Crippen molar-refractivity contribution in [1.29, 1.82) is 5.26 Å². The molecule has 2 nitrogen and oxygen atoms in total. The fourth-order valence-electron chi connectivity index (χ4n) is 2.91. The minimum absolute atomic E-state index is 0.207. The Hall–Kier alpha value is -1.62. The molecule has 0 amide bonds. The second-order valence-corrected chi connectivity index (χ2v) is 8.05. The number of nitrogens with zero attached hydrogens (tertiary/aromatic N) is 1. The molecule has 0 bridgehead atoms. The molecule has 2 rings (SSSR count). The highest BCUT2D eigenvalue weighted by molar-refractivity contribution is 5.99. The molecule has 0 heterocycles. The minimum Gasteiger partial charge on any atom is -0.294 e. The van der Waals surface area contributed by atoms with Crippen LogP contribution in [0.15, 0.2) is 24.3 Å². The number of Topliss-reactive ketones (excluding diaryl/α,β-unsaturated/α-hetero) is 1. The van der Waals surface area contributed by atoms with Gasteiger partial charge in [0.1, 0.15) is 0 Å². The Labute approximate surface area is 128 Å². The van der Waals surface area contributed by atoms with Crippen molar-refractivity contribution >= 4 is 5.78 Å². The topological polar surface area (TPSA) is 40.9 Å². The van der Waals surface area contributed by atoms with Crippen molar-refractivity contribution in [2.75, 3.05) is 0 Å². The van der Waals surface area contributed by atoms with Gasteiger partial charge < -0.3 is 0 Å². The van der Waals surface area contributed by atoms with E-state index in [1.807, 2.05) is 38.1 Å². The summed E-state index contributed by atoms with van der Waals surface area (Å²) in [6.45, 7) is 10.5. The van der Waals surface area contributed by atoms with Crippen molar-refractivity contribution in [2.45, 2.75) is 52.9 Å². The van der Waals surface area contributed by atoms with Crippen molar-refractivity contribution in [3.05, 3.63) is 35.4 Å². The average Bonchev–Trinajstić information content (AvgIpc) is 3.15. The number of benzene rings is 1. The van der Waals surface area contributed by atoms with Crippen LogP contribution < -0.4 is 0 Å². The maximum atomic E-state index is 12.5. The van der Waals surface area contributed by atoms with Gasteiger partial charge in [-0.05, 0) is 43.6 Å². The Balaban J connectivity index is 2.04. The lowest BCUT2D eigenvalue weighted by molar-refractivity contribution is 0.0957. The van der Waals surface area contributed by atoms with Crippen LogP contribution in [0.25, 0.3) is 0 Å². The fourth-order valence-corrected chi connectivity index (χ4v) is 2.91. The van der Waals surface area contributed by atoms with Crippen LogP contribution in [0.3, 0.4) is 0 Å². The van der Waals surface area contributed by atoms with Gasteiger partial charge in [0.15, 0.2) is 5.78 Å². The standard InChI is InChI=1S/C19H25NO/c1-18(2,3)11-14-10-16(14)17(21)13-6-8-15(9-7-13)19(4,5)12-20/h6-9,14,16H,10-11H2,1-5H3. The number of nitriles is 1. The summed E-state index contributed by atoms with van der Waals surface area (Å²) in [4.78, 5) is 12.5. The first-order valence-electron chi connectivity index (χ1n) is 7.70. The highest BCUT2D eigenvalue weighted by Crippen LogP contribution is 2.47. The first kappa shape index (κ1) is 15.8. The molecule has 0 aromatic heterocycles. The summed E-state index contributed by atoms with van der Waals surface area (Å²) in [7, 11) is 0. The zero-order chi connectivity index (χ0) is 15.8. The Morgan fingerprint density at radius 2 is 1.76 bits per heavy atom. The van der Waals surface area contributed by atoms with E-state index in [1.54, 1.807) is 0 Å². The van der Waals surface area contributed by atoms with E-state index in [9.17, 15) is 4.79 Å². The van der Waals surface area contributed by atoms with Crippen LogP contribution in [0, 0.1) is 28.6 Å². The fraction of sp³-hybridized carbons (Fsp3) is 0.579. The number of carbonyl (C=O) groups is 1. The minimum atomic E-state index is -0.504. The van der Waals surface area contributed by atoms with Crippen LogP contribution in [0.1, 0.15) is 63.4 Å². The number of ketones is 1. The molecular formula is C19H25NO. The molecule has 2 heteroatoms. The molecule has 2 atom stereocenters. The van der Waals surface area contributed by atoms with Gasteiger partial charge in [-0.25, -0.2) is 0 Å². The predicted molar refractivity (Wildman–Crippen MR) is 85.1 cm³/mol. The van der Waals surface area contributed by atoms with Gasteiger partial charge in [-0.2, -0.15) is 5.26 Å². The molecule has 0 spiro atoms. The van der Waals surface area contributed by atoms with Gasteiger partial charge in [-0.1, -0.05) is 45.0 Å². The Morgan fingerprint density at radius 1 is 1.19 bits per heavy atom. The van der Waals surface area contributed by atoms with Crippen LogP contribution in [0.2, 0.25) is 0 Å². The van der Waals surface area contributed by atoms with Gasteiger partial charge in [-0.3, -0.25) is 4.79 Å². The summed E-state index contributed by atoms with van der Waals surface area (Å²) in [5, 5.41) is 9.15. The quantitative estimate of drug-likeness (QED) is 0.749. The Bertz CT molecular complexity index is 569. The van der Waals surface area contributed by atoms with Crippen LogP contribution >= 0.6 is 0 Å². The number of hydrogen-bond donors (Lipinski definition) is 0. The van der Waals surface area contributed by atoms with Crippen LogP contribution in [-0.4, -0.2) is 5.78 Å². The van der Waals surface area contributed by atoms with Crippen molar-refractivity contribution in [3.8, 4) is 6.07 Å². The van der Waals surface area contributed by atoms with E-state index in [2.05, 4.69) is 26.8 Å². The molecule has 1 saturated carbocycles. The van der Waals surface area contributed by atoms with Crippen LogP contribution in [0.4, 0.5) is 0 Å². The molecule has 1 aliphatic rings. The Kier molecular flexibility index (Phi) is 3.97. The molecule has 0 radical (unpaired) electrons. The zero-order valence-electron chi connectivity index (χ0n) is 13.7. The van der Waals surface area contributed by atoms with Crippen LogP contribution in [-0.2, 0) is 5.41 Å². The van der Waals surface area contributed by atoms with E-state index in [0.717, 1.165) is 24.0 Å². The second kappa shape index (κ2) is 5.30. The van der Waals surface area contributed by atoms with Crippen molar-refractivity contribution in [1.82, 2.24) is 0 Å². The molecule has 0 N–H and O–H groups in total. The Morgan fingerprint density at radius 3 is 2.24 bits per heavy atom. The highest BCUT2D eigenvalue weighted by Gasteiger charge is 2.44. The molecule has 1 aromatic rings. The van der Waals surface area contributed by atoms with E-state index in [1.165, 1.54) is 0 Å². The van der Waals surface area contributed by atoms with Gasteiger partial charge in [0.25, 0.3) is 0 Å². The van der Waals surface area contributed by atoms with Crippen molar-refractivity contribution in [3.63, 3.8) is 0 Å². The first-order valence-corrected chi connectivity index (χ1v) is 7.70. The smallest absolute Gasteiger partial charge is 0.166 e.